The summed E-state index contributed by atoms with van der Waals surface area (Å²) in [5.41, 5.74) is 0.906. The molecule has 0 N–H and O–H groups in total. The van der Waals surface area contributed by atoms with Gasteiger partial charge in [0.05, 0.1) is 12.5 Å². The molecule has 0 bridgehead atoms. The highest BCUT2D eigenvalue weighted by atomic mass is 35.5. The molecule has 0 fully saturated rings. The van der Waals surface area contributed by atoms with E-state index in [1.165, 1.54) is 29.2 Å². The number of carbonyl (C=O) groups is 1. The van der Waals surface area contributed by atoms with Gasteiger partial charge in [0.2, 0.25) is 11.8 Å². The molecule has 2 aromatic carbocycles. The first-order valence-electron chi connectivity index (χ1n) is 8.24. The molecular formula is C19H14ClFN4O3. The fourth-order valence-corrected chi connectivity index (χ4v) is 2.72. The van der Waals surface area contributed by atoms with E-state index in [0.717, 1.165) is 4.68 Å². The topological polar surface area (TPSA) is 92.1 Å². The van der Waals surface area contributed by atoms with Crippen molar-refractivity contribution in [1.29, 1.82) is 5.26 Å². The van der Waals surface area contributed by atoms with Crippen LogP contribution in [0, 0.1) is 17.1 Å². The van der Waals surface area contributed by atoms with Crippen LogP contribution in [0.25, 0.3) is 11.5 Å². The average Bonchev–Trinajstić information content (AvgIpc) is 3.03. The zero-order valence-corrected chi connectivity index (χ0v) is 15.3. The highest BCUT2D eigenvalue weighted by Gasteiger charge is 2.20. The lowest BCUT2D eigenvalue weighted by Crippen LogP contribution is -2.36. The van der Waals surface area contributed by atoms with Gasteiger partial charge in [-0.25, -0.2) is 9.18 Å². The van der Waals surface area contributed by atoms with Crippen LogP contribution in [-0.4, -0.2) is 22.2 Å². The molecule has 3 rings (SSSR count). The van der Waals surface area contributed by atoms with E-state index in [9.17, 15) is 14.0 Å². The van der Waals surface area contributed by atoms with E-state index in [0.29, 0.717) is 16.3 Å². The minimum atomic E-state index is -0.820. The SMILES string of the molecule is N#CCCN(C(=O)Cn1nc(-c2ccc(F)cc2)oc1=O)c1cccc(Cl)c1. The summed E-state index contributed by atoms with van der Waals surface area (Å²) in [7, 11) is 0. The molecule has 0 aliphatic rings. The Balaban J connectivity index is 1.84. The summed E-state index contributed by atoms with van der Waals surface area (Å²) in [4.78, 5) is 26.2. The fourth-order valence-electron chi connectivity index (χ4n) is 2.53. The number of hydrogen-bond acceptors (Lipinski definition) is 5. The first kappa shape index (κ1) is 19.3. The van der Waals surface area contributed by atoms with E-state index in [1.54, 1.807) is 24.3 Å². The van der Waals surface area contributed by atoms with Crippen molar-refractivity contribution in [2.24, 2.45) is 0 Å². The van der Waals surface area contributed by atoms with Gasteiger partial charge in [0.25, 0.3) is 0 Å². The second-order valence-corrected chi connectivity index (χ2v) is 6.21. The van der Waals surface area contributed by atoms with Crippen LogP contribution in [0.3, 0.4) is 0 Å². The summed E-state index contributed by atoms with van der Waals surface area (Å²) in [6.45, 7) is -0.255. The van der Waals surface area contributed by atoms with Gasteiger partial charge in [0.1, 0.15) is 12.4 Å². The van der Waals surface area contributed by atoms with Crippen LogP contribution in [-0.2, 0) is 11.3 Å². The van der Waals surface area contributed by atoms with E-state index in [1.807, 2.05) is 6.07 Å². The number of nitrogens with zero attached hydrogens (tertiary/aromatic N) is 4. The molecular weight excluding hydrogens is 387 g/mol. The summed E-state index contributed by atoms with van der Waals surface area (Å²) in [5, 5.41) is 13.3. The maximum atomic E-state index is 13.0. The summed E-state index contributed by atoms with van der Waals surface area (Å²) < 4.78 is 19.0. The number of benzene rings is 2. The van der Waals surface area contributed by atoms with E-state index in [2.05, 4.69) is 5.10 Å². The Morgan fingerprint density at radius 2 is 2.04 bits per heavy atom. The lowest BCUT2D eigenvalue weighted by molar-refractivity contribution is -0.119. The Kier molecular flexibility index (Phi) is 5.87. The minimum Gasteiger partial charge on any atom is -0.388 e. The van der Waals surface area contributed by atoms with Gasteiger partial charge in [0, 0.05) is 22.8 Å². The van der Waals surface area contributed by atoms with Gasteiger partial charge in [0.15, 0.2) is 0 Å². The van der Waals surface area contributed by atoms with Gasteiger partial charge in [-0.1, -0.05) is 17.7 Å². The molecule has 0 aliphatic heterocycles. The Labute approximate surface area is 164 Å². The van der Waals surface area contributed by atoms with Crippen LogP contribution in [0.4, 0.5) is 10.1 Å². The Morgan fingerprint density at radius 1 is 1.29 bits per heavy atom. The van der Waals surface area contributed by atoms with Crippen LogP contribution in [0.2, 0.25) is 5.02 Å². The Hall–Kier alpha value is -3.44. The molecule has 1 amide bonds. The Bertz CT molecular complexity index is 1090. The maximum absolute atomic E-state index is 13.0. The molecule has 0 spiro atoms. The number of rotatable bonds is 6. The van der Waals surface area contributed by atoms with Gasteiger partial charge in [-0.05, 0) is 42.5 Å². The predicted molar refractivity (Wildman–Crippen MR) is 100 cm³/mol. The number of aromatic nitrogens is 2. The molecule has 7 nitrogen and oxygen atoms in total. The van der Waals surface area contributed by atoms with Gasteiger partial charge in [-0.3, -0.25) is 4.79 Å². The van der Waals surface area contributed by atoms with Crippen molar-refractivity contribution < 1.29 is 13.6 Å². The van der Waals surface area contributed by atoms with Crippen molar-refractivity contribution in [2.75, 3.05) is 11.4 Å². The van der Waals surface area contributed by atoms with Crippen molar-refractivity contribution in [3.63, 3.8) is 0 Å². The van der Waals surface area contributed by atoms with Crippen molar-refractivity contribution >= 4 is 23.2 Å². The quantitative estimate of drug-likeness (QED) is 0.633. The molecule has 0 unspecified atom stereocenters. The molecule has 28 heavy (non-hydrogen) atoms. The van der Waals surface area contributed by atoms with Gasteiger partial charge in [-0.15, -0.1) is 5.10 Å². The van der Waals surface area contributed by atoms with Crippen LogP contribution in [0.15, 0.2) is 57.7 Å². The number of halogens is 2. The number of carbonyl (C=O) groups excluding carboxylic acids is 1. The smallest absolute Gasteiger partial charge is 0.388 e. The van der Waals surface area contributed by atoms with E-state index < -0.39 is 17.5 Å². The lowest BCUT2D eigenvalue weighted by atomic mass is 10.2. The molecule has 0 atom stereocenters. The summed E-state index contributed by atoms with van der Waals surface area (Å²) in [6.07, 6.45) is 0.104. The highest BCUT2D eigenvalue weighted by Crippen LogP contribution is 2.20. The maximum Gasteiger partial charge on any atom is 0.437 e. The number of hydrogen-bond donors (Lipinski definition) is 0. The van der Waals surface area contributed by atoms with Gasteiger partial charge >= 0.3 is 5.76 Å². The fraction of sp³-hybridized carbons (Fsp3) is 0.158. The van der Waals surface area contributed by atoms with Crippen LogP contribution < -0.4 is 10.7 Å². The van der Waals surface area contributed by atoms with Gasteiger partial charge in [-0.2, -0.15) is 9.94 Å². The van der Waals surface area contributed by atoms with Gasteiger partial charge < -0.3 is 9.32 Å². The first-order valence-corrected chi connectivity index (χ1v) is 8.62. The molecule has 0 saturated carbocycles. The number of nitriles is 1. The van der Waals surface area contributed by atoms with Crippen molar-refractivity contribution in [2.45, 2.75) is 13.0 Å². The third kappa shape index (κ3) is 4.45. The van der Waals surface area contributed by atoms with Crippen LogP contribution in [0.1, 0.15) is 6.42 Å². The highest BCUT2D eigenvalue weighted by molar-refractivity contribution is 6.30. The molecule has 0 aliphatic carbocycles. The minimum absolute atomic E-state index is 0.0240. The average molecular weight is 401 g/mol. The molecule has 9 heteroatoms. The zero-order chi connectivity index (χ0) is 20.1. The summed E-state index contributed by atoms with van der Waals surface area (Å²) in [5.74, 6) is -1.74. The standard InChI is InChI=1S/C19H14ClFN4O3/c20-14-3-1-4-16(11-14)24(10-2-9-22)17(26)12-25-19(27)28-18(23-25)13-5-7-15(21)8-6-13/h1,3-8,11H,2,10,12H2. The molecule has 0 saturated heterocycles. The predicted octanol–water partition coefficient (Wildman–Crippen LogP) is 3.24. The van der Waals surface area contributed by atoms with E-state index in [4.69, 9.17) is 21.3 Å². The number of amides is 1. The normalized spacial score (nSPS) is 10.5. The largest absolute Gasteiger partial charge is 0.437 e. The molecule has 0 radical (unpaired) electrons. The van der Waals surface area contributed by atoms with Crippen molar-refractivity contribution in [3.8, 4) is 17.5 Å². The summed E-state index contributed by atoms with van der Waals surface area (Å²) in [6, 6.07) is 13.8. The molecule has 142 valence electrons. The van der Waals surface area contributed by atoms with Crippen LogP contribution in [0.5, 0.6) is 0 Å². The van der Waals surface area contributed by atoms with Crippen LogP contribution >= 0.6 is 11.6 Å². The zero-order valence-electron chi connectivity index (χ0n) is 14.5. The molecule has 1 aromatic heterocycles. The third-order valence-corrected chi connectivity index (χ3v) is 4.09. The Morgan fingerprint density at radius 3 is 2.71 bits per heavy atom. The molecule has 1 heterocycles. The second-order valence-electron chi connectivity index (χ2n) is 5.77. The second kappa shape index (κ2) is 8.50. The third-order valence-electron chi connectivity index (χ3n) is 3.85. The van der Waals surface area contributed by atoms with E-state index in [-0.39, 0.29) is 25.4 Å². The van der Waals surface area contributed by atoms with Crippen molar-refractivity contribution in [3.05, 3.63) is 69.9 Å². The monoisotopic (exact) mass is 400 g/mol. The lowest BCUT2D eigenvalue weighted by Gasteiger charge is -2.21. The van der Waals surface area contributed by atoms with Crippen molar-refractivity contribution in [1.82, 2.24) is 9.78 Å². The molecule has 3 aromatic rings. The van der Waals surface area contributed by atoms with E-state index >= 15 is 0 Å². The first-order chi connectivity index (χ1) is 13.5. The number of anilines is 1. The summed E-state index contributed by atoms with van der Waals surface area (Å²) >= 11 is 5.98.